The van der Waals surface area contributed by atoms with E-state index >= 15 is 0 Å². The second-order valence-corrected chi connectivity index (χ2v) is 15.6. The average Bonchev–Trinajstić information content (AvgIpc) is 2.85. The minimum Gasteiger partial charge on any atom is -0.491 e. The molecule has 0 saturated heterocycles. The van der Waals surface area contributed by atoms with Gasteiger partial charge in [0, 0.05) is 23.5 Å². The molecule has 0 amide bonds. The van der Waals surface area contributed by atoms with E-state index in [4.69, 9.17) is 14.2 Å². The second kappa shape index (κ2) is 14.0. The molecule has 0 aromatic heterocycles. The third-order valence-corrected chi connectivity index (χ3v) is 12.6. The van der Waals surface area contributed by atoms with Gasteiger partial charge in [-0.2, -0.15) is 0 Å². The highest BCUT2D eigenvalue weighted by atomic mass is 31.2. The molecule has 0 atom stereocenters. The number of hydrogen-bond donors (Lipinski definition) is 0. The number of ether oxygens (including phenoxy) is 3. The van der Waals surface area contributed by atoms with Crippen molar-refractivity contribution in [2.45, 2.75) is 40.0 Å². The van der Waals surface area contributed by atoms with Gasteiger partial charge in [-0.15, -0.1) is 0 Å². The van der Waals surface area contributed by atoms with Crippen molar-refractivity contribution in [2.75, 3.05) is 51.1 Å². The zero-order valence-electron chi connectivity index (χ0n) is 20.6. The van der Waals surface area contributed by atoms with Gasteiger partial charge < -0.3 is 23.3 Å². The number of benzene rings is 2. The van der Waals surface area contributed by atoms with Crippen LogP contribution in [0.4, 0.5) is 0 Å². The summed E-state index contributed by atoms with van der Waals surface area (Å²) >= 11 is 0. The van der Waals surface area contributed by atoms with Crippen LogP contribution >= 0.6 is 14.3 Å². The summed E-state index contributed by atoms with van der Waals surface area (Å²) in [7, 11) is -4.36. The van der Waals surface area contributed by atoms with Crippen molar-refractivity contribution in [3.05, 3.63) is 59.7 Å². The van der Waals surface area contributed by atoms with E-state index in [0.29, 0.717) is 63.4 Å². The molecule has 0 radical (unpaired) electrons. The van der Waals surface area contributed by atoms with Gasteiger partial charge in [-0.3, -0.25) is 0 Å². The van der Waals surface area contributed by atoms with Crippen LogP contribution in [-0.4, -0.2) is 51.1 Å². The molecule has 0 fully saturated rings. The SMILES string of the molecule is CCP(=O)(CC)Cc1ccccc1OCCOCCOc1ccccc1CP(=O)(CC)CC. The Labute approximate surface area is 200 Å². The Hall–Kier alpha value is -1.54. The molecule has 0 aliphatic heterocycles. The first kappa shape index (κ1) is 27.7. The van der Waals surface area contributed by atoms with Gasteiger partial charge in [0.15, 0.2) is 0 Å². The minimum atomic E-state index is -2.18. The van der Waals surface area contributed by atoms with Gasteiger partial charge in [0.05, 0.1) is 27.5 Å². The molecule has 2 aromatic carbocycles. The van der Waals surface area contributed by atoms with Crippen LogP contribution in [0, 0.1) is 0 Å². The maximum absolute atomic E-state index is 12.9. The predicted molar refractivity (Wildman–Crippen MR) is 139 cm³/mol. The number of rotatable bonds is 16. The average molecular weight is 495 g/mol. The third-order valence-electron chi connectivity index (χ3n) is 6.14. The highest BCUT2D eigenvalue weighted by Crippen LogP contribution is 2.50. The summed E-state index contributed by atoms with van der Waals surface area (Å²) in [5.41, 5.74) is 2.00. The Bertz CT molecular complexity index is 852. The maximum atomic E-state index is 12.9. The van der Waals surface area contributed by atoms with E-state index in [1.807, 2.05) is 76.2 Å². The Morgan fingerprint density at radius 3 is 1.30 bits per heavy atom. The van der Waals surface area contributed by atoms with E-state index in [2.05, 4.69) is 0 Å². The third kappa shape index (κ3) is 8.96. The van der Waals surface area contributed by atoms with Crippen molar-refractivity contribution < 1.29 is 23.3 Å². The smallest absolute Gasteiger partial charge is 0.123 e. The van der Waals surface area contributed by atoms with Crippen molar-refractivity contribution in [1.82, 2.24) is 0 Å². The molecule has 2 rings (SSSR count). The monoisotopic (exact) mass is 494 g/mol. The molecule has 0 N–H and O–H groups in total. The fraction of sp³-hybridized carbons (Fsp3) is 0.538. The molecule has 0 heterocycles. The highest BCUT2D eigenvalue weighted by molar-refractivity contribution is 7.63. The maximum Gasteiger partial charge on any atom is 0.123 e. The van der Waals surface area contributed by atoms with E-state index in [1.54, 1.807) is 0 Å². The summed E-state index contributed by atoms with van der Waals surface area (Å²) in [5, 5.41) is 0. The predicted octanol–water partition coefficient (Wildman–Crippen LogP) is 6.97. The molecule has 33 heavy (non-hydrogen) atoms. The van der Waals surface area contributed by atoms with E-state index in [-0.39, 0.29) is 0 Å². The van der Waals surface area contributed by atoms with Gasteiger partial charge in [0.1, 0.15) is 24.7 Å². The Balaban J connectivity index is 1.77. The van der Waals surface area contributed by atoms with E-state index in [0.717, 1.165) is 22.6 Å². The molecule has 184 valence electrons. The molecule has 0 unspecified atom stereocenters. The van der Waals surface area contributed by atoms with Crippen LogP contribution in [0.5, 0.6) is 11.5 Å². The Morgan fingerprint density at radius 2 is 0.939 bits per heavy atom. The fourth-order valence-electron chi connectivity index (χ4n) is 3.59. The first-order valence-corrected chi connectivity index (χ1v) is 16.5. The van der Waals surface area contributed by atoms with Crippen molar-refractivity contribution in [1.29, 1.82) is 0 Å². The van der Waals surface area contributed by atoms with Crippen molar-refractivity contribution in [2.24, 2.45) is 0 Å². The van der Waals surface area contributed by atoms with E-state index < -0.39 is 14.3 Å². The Morgan fingerprint density at radius 1 is 0.576 bits per heavy atom. The molecule has 7 heteroatoms. The summed E-state index contributed by atoms with van der Waals surface area (Å²) in [5.74, 6) is 1.56. The van der Waals surface area contributed by atoms with Crippen molar-refractivity contribution in [3.63, 3.8) is 0 Å². The zero-order valence-corrected chi connectivity index (χ0v) is 22.4. The fourth-order valence-corrected chi connectivity index (χ4v) is 7.14. The Kier molecular flexibility index (Phi) is 11.7. The molecule has 0 aliphatic rings. The van der Waals surface area contributed by atoms with Crippen LogP contribution < -0.4 is 9.47 Å². The topological polar surface area (TPSA) is 61.8 Å². The molecule has 5 nitrogen and oxygen atoms in total. The van der Waals surface area contributed by atoms with Crippen LogP contribution in [0.25, 0.3) is 0 Å². The van der Waals surface area contributed by atoms with Crippen LogP contribution in [0.15, 0.2) is 48.5 Å². The molecule has 0 bridgehead atoms. The van der Waals surface area contributed by atoms with Crippen LogP contribution in [0.2, 0.25) is 0 Å². The first-order valence-electron chi connectivity index (χ1n) is 12.0. The summed E-state index contributed by atoms with van der Waals surface area (Å²) in [6.45, 7) is 9.71. The van der Waals surface area contributed by atoms with Gasteiger partial charge in [-0.05, 0) is 36.8 Å². The summed E-state index contributed by atoms with van der Waals surface area (Å²) in [4.78, 5) is 0. The highest BCUT2D eigenvalue weighted by Gasteiger charge is 2.20. The van der Waals surface area contributed by atoms with E-state index in [9.17, 15) is 9.13 Å². The van der Waals surface area contributed by atoms with Gasteiger partial charge in [0.25, 0.3) is 0 Å². The summed E-state index contributed by atoms with van der Waals surface area (Å²) in [6, 6.07) is 15.6. The van der Waals surface area contributed by atoms with E-state index in [1.165, 1.54) is 0 Å². The van der Waals surface area contributed by atoms with Crippen LogP contribution in [-0.2, 0) is 26.2 Å². The minimum absolute atomic E-state index is 0.423. The zero-order chi connectivity index (χ0) is 24.2. The van der Waals surface area contributed by atoms with Gasteiger partial charge in [-0.1, -0.05) is 64.1 Å². The lowest BCUT2D eigenvalue weighted by atomic mass is 10.2. The van der Waals surface area contributed by atoms with Crippen LogP contribution in [0.1, 0.15) is 38.8 Å². The molecule has 0 saturated carbocycles. The molecular weight excluding hydrogens is 454 g/mol. The lowest BCUT2D eigenvalue weighted by Crippen LogP contribution is -2.13. The van der Waals surface area contributed by atoms with Crippen LogP contribution in [0.3, 0.4) is 0 Å². The summed E-state index contributed by atoms with van der Waals surface area (Å²) in [6.07, 6.45) is 3.98. The summed E-state index contributed by atoms with van der Waals surface area (Å²) < 4.78 is 43.2. The molecule has 0 aliphatic carbocycles. The normalized spacial score (nSPS) is 12.0. The van der Waals surface area contributed by atoms with Crippen molar-refractivity contribution >= 4 is 14.3 Å². The second-order valence-electron chi connectivity index (χ2n) is 8.22. The number of hydrogen-bond acceptors (Lipinski definition) is 5. The largest absolute Gasteiger partial charge is 0.491 e. The van der Waals surface area contributed by atoms with Gasteiger partial charge >= 0.3 is 0 Å². The van der Waals surface area contributed by atoms with Gasteiger partial charge in [0.2, 0.25) is 0 Å². The van der Waals surface area contributed by atoms with Crippen molar-refractivity contribution in [3.8, 4) is 11.5 Å². The standard InChI is InChI=1S/C26H40O5P2/c1-5-32(27,6-2)21-23-13-9-11-15-25(23)30-19-17-29-18-20-31-26-16-12-10-14-24(26)22-33(28,7-3)8-4/h9-16H,5-8,17-22H2,1-4H3. The number of para-hydroxylation sites is 2. The lowest BCUT2D eigenvalue weighted by molar-refractivity contribution is 0.0761. The molecule has 2 aromatic rings. The lowest BCUT2D eigenvalue weighted by Gasteiger charge is -2.18. The molecular formula is C26H40O5P2. The quantitative estimate of drug-likeness (QED) is 0.186. The molecule has 0 spiro atoms. The van der Waals surface area contributed by atoms with Gasteiger partial charge in [-0.25, -0.2) is 0 Å². The first-order chi connectivity index (χ1) is 15.9.